The van der Waals surface area contributed by atoms with E-state index < -0.39 is 0 Å². The van der Waals surface area contributed by atoms with E-state index in [0.29, 0.717) is 5.41 Å². The lowest BCUT2D eigenvalue weighted by atomic mass is 10.0. The van der Waals surface area contributed by atoms with Gasteiger partial charge in [0.25, 0.3) is 0 Å². The van der Waals surface area contributed by atoms with Gasteiger partial charge in [0.1, 0.15) is 0 Å². The van der Waals surface area contributed by atoms with Crippen LogP contribution in [-0.2, 0) is 6.54 Å². The molecule has 0 aromatic heterocycles. The van der Waals surface area contributed by atoms with E-state index in [1.165, 1.54) is 24.8 Å². The van der Waals surface area contributed by atoms with E-state index >= 15 is 0 Å². The number of hydrogen-bond donors (Lipinski definition) is 2. The molecule has 1 aliphatic rings. The van der Waals surface area contributed by atoms with Crippen molar-refractivity contribution in [2.75, 3.05) is 12.3 Å². The molecule has 88 valence electrons. The van der Waals surface area contributed by atoms with Crippen LogP contribution in [0.4, 0.5) is 5.69 Å². The Labute approximate surface area is 106 Å². The molecule has 2 nitrogen and oxygen atoms in total. The Balaban J connectivity index is 1.87. The third-order valence-electron chi connectivity index (χ3n) is 3.59. The van der Waals surface area contributed by atoms with Crippen molar-refractivity contribution >= 4 is 21.6 Å². The quantitative estimate of drug-likeness (QED) is 0.814. The van der Waals surface area contributed by atoms with Crippen molar-refractivity contribution in [3.8, 4) is 0 Å². The molecule has 3 N–H and O–H groups in total. The Morgan fingerprint density at radius 2 is 2.19 bits per heavy atom. The van der Waals surface area contributed by atoms with Crippen molar-refractivity contribution in [3.05, 3.63) is 28.2 Å². The number of nitrogens with one attached hydrogen (secondary N) is 1. The minimum atomic E-state index is 0.604. The predicted octanol–water partition coefficient (Wildman–Crippen LogP) is 3.31. The van der Waals surface area contributed by atoms with Crippen LogP contribution in [0.25, 0.3) is 0 Å². The fraction of sp³-hybridized carbons (Fsp3) is 0.538. The summed E-state index contributed by atoms with van der Waals surface area (Å²) in [4.78, 5) is 0. The highest BCUT2D eigenvalue weighted by molar-refractivity contribution is 9.10. The van der Waals surface area contributed by atoms with Gasteiger partial charge in [-0.2, -0.15) is 0 Å². The second kappa shape index (κ2) is 4.76. The average Bonchev–Trinajstić information content (AvgIpc) is 3.04. The second-order valence-electron chi connectivity index (χ2n) is 4.81. The third kappa shape index (κ3) is 2.77. The summed E-state index contributed by atoms with van der Waals surface area (Å²) in [6.07, 6.45) is 4.06. The molecular weight excluding hydrogens is 264 g/mol. The van der Waals surface area contributed by atoms with Gasteiger partial charge in [0, 0.05) is 23.2 Å². The van der Waals surface area contributed by atoms with E-state index in [4.69, 9.17) is 5.73 Å². The molecular formula is C13H19BrN2. The molecule has 0 heterocycles. The van der Waals surface area contributed by atoms with Crippen molar-refractivity contribution in [1.82, 2.24) is 5.32 Å². The zero-order valence-electron chi connectivity index (χ0n) is 9.72. The van der Waals surface area contributed by atoms with Crippen molar-refractivity contribution in [3.63, 3.8) is 0 Å². The highest BCUT2D eigenvalue weighted by Gasteiger charge is 2.39. The lowest BCUT2D eigenvalue weighted by molar-refractivity contribution is 0.443. The van der Waals surface area contributed by atoms with Crippen LogP contribution in [0.15, 0.2) is 22.7 Å². The minimum absolute atomic E-state index is 0.604. The van der Waals surface area contributed by atoms with Crippen LogP contribution in [0, 0.1) is 5.41 Å². The number of rotatable bonds is 5. The first-order valence-electron chi connectivity index (χ1n) is 5.90. The summed E-state index contributed by atoms with van der Waals surface area (Å²) in [7, 11) is 0. The molecule has 0 aliphatic heterocycles. The number of hydrogen-bond acceptors (Lipinski definition) is 2. The molecule has 1 aliphatic carbocycles. The van der Waals surface area contributed by atoms with E-state index in [9.17, 15) is 0 Å². The van der Waals surface area contributed by atoms with Crippen molar-refractivity contribution < 1.29 is 0 Å². The molecule has 0 amide bonds. The summed E-state index contributed by atoms with van der Waals surface area (Å²) in [6, 6.07) is 5.96. The van der Waals surface area contributed by atoms with Gasteiger partial charge in [-0.15, -0.1) is 0 Å². The summed E-state index contributed by atoms with van der Waals surface area (Å²) in [5, 5.41) is 3.54. The molecule has 1 fully saturated rings. The van der Waals surface area contributed by atoms with Gasteiger partial charge in [-0.1, -0.05) is 22.9 Å². The van der Waals surface area contributed by atoms with Gasteiger partial charge >= 0.3 is 0 Å². The van der Waals surface area contributed by atoms with Crippen LogP contribution in [0.1, 0.15) is 31.7 Å². The number of benzene rings is 1. The number of nitrogens with two attached hydrogens (primary N) is 1. The molecule has 0 spiro atoms. The molecule has 3 heteroatoms. The largest absolute Gasteiger partial charge is 0.399 e. The van der Waals surface area contributed by atoms with Crippen LogP contribution in [0.5, 0.6) is 0 Å². The number of anilines is 1. The first kappa shape index (κ1) is 11.9. The summed E-state index contributed by atoms with van der Waals surface area (Å²) in [5.41, 5.74) is 8.45. The Morgan fingerprint density at radius 1 is 1.44 bits per heavy atom. The highest BCUT2D eigenvalue weighted by atomic mass is 79.9. The third-order valence-corrected chi connectivity index (χ3v) is 4.37. The van der Waals surface area contributed by atoms with Crippen molar-refractivity contribution in [2.45, 2.75) is 32.7 Å². The molecule has 0 bridgehead atoms. The van der Waals surface area contributed by atoms with E-state index in [1.54, 1.807) is 0 Å². The molecule has 2 rings (SSSR count). The lowest BCUT2D eigenvalue weighted by Gasteiger charge is -2.14. The smallest absolute Gasteiger partial charge is 0.0318 e. The predicted molar refractivity (Wildman–Crippen MR) is 72.2 cm³/mol. The minimum Gasteiger partial charge on any atom is -0.399 e. The molecule has 0 saturated heterocycles. The molecule has 1 saturated carbocycles. The molecule has 0 unspecified atom stereocenters. The van der Waals surface area contributed by atoms with E-state index in [-0.39, 0.29) is 0 Å². The standard InChI is InChI=1S/C13H19BrN2/c1-2-13(5-6-13)9-16-8-10-7-11(15)3-4-12(10)14/h3-4,7,16H,2,5-6,8-9,15H2,1H3. The molecule has 16 heavy (non-hydrogen) atoms. The van der Waals surface area contributed by atoms with E-state index in [0.717, 1.165) is 23.2 Å². The number of halogens is 1. The van der Waals surface area contributed by atoms with Gasteiger partial charge in [0.2, 0.25) is 0 Å². The second-order valence-corrected chi connectivity index (χ2v) is 5.66. The maximum atomic E-state index is 5.77. The Hall–Kier alpha value is -0.540. The molecule has 0 radical (unpaired) electrons. The number of nitrogen functional groups attached to an aromatic ring is 1. The van der Waals surface area contributed by atoms with Crippen LogP contribution < -0.4 is 11.1 Å². The fourth-order valence-corrected chi connectivity index (χ4v) is 2.41. The Bertz CT molecular complexity index is 372. The average molecular weight is 283 g/mol. The first-order chi connectivity index (χ1) is 7.65. The van der Waals surface area contributed by atoms with Crippen LogP contribution in [0.3, 0.4) is 0 Å². The molecule has 0 atom stereocenters. The molecule has 1 aromatic carbocycles. The Morgan fingerprint density at radius 3 is 2.81 bits per heavy atom. The summed E-state index contributed by atoms with van der Waals surface area (Å²) in [5.74, 6) is 0. The van der Waals surface area contributed by atoms with Gasteiger partial charge < -0.3 is 11.1 Å². The van der Waals surface area contributed by atoms with Gasteiger partial charge in [0.05, 0.1) is 0 Å². The van der Waals surface area contributed by atoms with Gasteiger partial charge in [-0.3, -0.25) is 0 Å². The fourth-order valence-electron chi connectivity index (χ4n) is 2.02. The van der Waals surface area contributed by atoms with E-state index in [1.807, 2.05) is 18.2 Å². The van der Waals surface area contributed by atoms with Gasteiger partial charge in [-0.25, -0.2) is 0 Å². The zero-order valence-corrected chi connectivity index (χ0v) is 11.3. The lowest BCUT2D eigenvalue weighted by Crippen LogP contribution is -2.23. The summed E-state index contributed by atoms with van der Waals surface area (Å²) >= 11 is 3.55. The summed E-state index contributed by atoms with van der Waals surface area (Å²) < 4.78 is 1.13. The maximum Gasteiger partial charge on any atom is 0.0318 e. The topological polar surface area (TPSA) is 38.0 Å². The van der Waals surface area contributed by atoms with Crippen LogP contribution >= 0.6 is 15.9 Å². The first-order valence-corrected chi connectivity index (χ1v) is 6.69. The van der Waals surface area contributed by atoms with Crippen molar-refractivity contribution in [1.29, 1.82) is 0 Å². The zero-order chi connectivity index (χ0) is 11.6. The van der Waals surface area contributed by atoms with Crippen molar-refractivity contribution in [2.24, 2.45) is 5.41 Å². The highest BCUT2D eigenvalue weighted by Crippen LogP contribution is 2.47. The van der Waals surface area contributed by atoms with Gasteiger partial charge in [0.15, 0.2) is 0 Å². The van der Waals surface area contributed by atoms with Gasteiger partial charge in [-0.05, 0) is 48.4 Å². The molecule has 1 aromatic rings. The normalized spacial score (nSPS) is 17.4. The monoisotopic (exact) mass is 282 g/mol. The summed E-state index contributed by atoms with van der Waals surface area (Å²) in [6.45, 7) is 4.31. The SMILES string of the molecule is CCC1(CNCc2cc(N)ccc2Br)CC1. The van der Waals surface area contributed by atoms with E-state index in [2.05, 4.69) is 28.2 Å². The Kier molecular flexibility index (Phi) is 3.55. The maximum absolute atomic E-state index is 5.77. The van der Waals surface area contributed by atoms with Crippen LogP contribution in [0.2, 0.25) is 0 Å². The van der Waals surface area contributed by atoms with Crippen LogP contribution in [-0.4, -0.2) is 6.54 Å².